The smallest absolute Gasteiger partial charge is 0.185 e. The summed E-state index contributed by atoms with van der Waals surface area (Å²) in [5.41, 5.74) is 4.88. The summed E-state index contributed by atoms with van der Waals surface area (Å²) < 4.78 is 0. The minimum absolute atomic E-state index is 0. The van der Waals surface area contributed by atoms with Crippen LogP contribution in [0, 0.1) is 12.1 Å². The van der Waals surface area contributed by atoms with Crippen LogP contribution < -0.4 is 20.7 Å². The first-order valence-electron chi connectivity index (χ1n) is 12.4. The third-order valence-corrected chi connectivity index (χ3v) is 11.7. The molecule has 1 spiro atoms. The number of fused-ring (bicyclic) bond motifs is 10. The van der Waals surface area contributed by atoms with Crippen molar-refractivity contribution in [1.29, 1.82) is 0 Å². The van der Waals surface area contributed by atoms with E-state index in [0.717, 1.165) is 11.4 Å². The summed E-state index contributed by atoms with van der Waals surface area (Å²) in [7, 11) is -2.28. The number of hydrogen-bond acceptors (Lipinski definition) is 2. The van der Waals surface area contributed by atoms with E-state index in [9.17, 15) is 0 Å². The van der Waals surface area contributed by atoms with E-state index >= 15 is 0 Å². The van der Waals surface area contributed by atoms with Crippen LogP contribution in [0.5, 0.6) is 0 Å². The SMILES string of the molecule is [Ir].[c-]1ccccc1.[c-]1ccccc1.c1ccc2c(c1)-c1ccccc1[Si]21c2cccnc2-c2ncccc21. The van der Waals surface area contributed by atoms with Crippen LogP contribution in [0.4, 0.5) is 0 Å². The largest absolute Gasteiger partial charge is 0.255 e. The van der Waals surface area contributed by atoms with Crippen molar-refractivity contribution < 1.29 is 20.1 Å². The van der Waals surface area contributed by atoms with Gasteiger partial charge >= 0.3 is 0 Å². The maximum atomic E-state index is 4.74. The van der Waals surface area contributed by atoms with Crippen molar-refractivity contribution in [3.63, 3.8) is 0 Å². The van der Waals surface area contributed by atoms with Crippen molar-refractivity contribution in [1.82, 2.24) is 9.97 Å². The van der Waals surface area contributed by atoms with E-state index in [-0.39, 0.29) is 20.1 Å². The van der Waals surface area contributed by atoms with Gasteiger partial charge in [-0.3, -0.25) is 9.97 Å². The van der Waals surface area contributed by atoms with Crippen LogP contribution in [0.3, 0.4) is 0 Å². The first-order chi connectivity index (χ1) is 18.4. The maximum absolute atomic E-state index is 4.74. The molecule has 0 atom stereocenters. The number of nitrogens with zero attached hydrogens (tertiary/aromatic N) is 2. The molecule has 2 nitrogen and oxygen atoms in total. The van der Waals surface area contributed by atoms with Gasteiger partial charge in [-0.1, -0.05) is 60.7 Å². The van der Waals surface area contributed by atoms with Gasteiger partial charge in [-0.15, -0.1) is 0 Å². The van der Waals surface area contributed by atoms with E-state index < -0.39 is 8.07 Å². The molecule has 0 saturated carbocycles. The summed E-state index contributed by atoms with van der Waals surface area (Å²) in [5.74, 6) is 0. The molecular weight excluding hydrogens is 657 g/mol. The molecule has 2 aromatic heterocycles. The molecule has 0 aliphatic carbocycles. The van der Waals surface area contributed by atoms with Gasteiger partial charge in [-0.2, -0.15) is 72.8 Å². The molecule has 0 N–H and O–H groups in total. The van der Waals surface area contributed by atoms with E-state index in [4.69, 9.17) is 9.97 Å². The second-order valence-corrected chi connectivity index (χ2v) is 12.4. The van der Waals surface area contributed by atoms with Gasteiger partial charge in [-0.05, 0) is 44.0 Å². The Balaban J connectivity index is 0.000000188. The van der Waals surface area contributed by atoms with Gasteiger partial charge in [-0.25, -0.2) is 0 Å². The minimum Gasteiger partial charge on any atom is -0.255 e. The first-order valence-corrected chi connectivity index (χ1v) is 14.4. The minimum atomic E-state index is -2.28. The van der Waals surface area contributed by atoms with E-state index in [1.165, 1.54) is 31.9 Å². The van der Waals surface area contributed by atoms with Gasteiger partial charge in [0.1, 0.15) is 0 Å². The predicted octanol–water partition coefficient (Wildman–Crippen LogP) is 4.79. The van der Waals surface area contributed by atoms with Crippen molar-refractivity contribution in [3.05, 3.63) is 158 Å². The Kier molecular flexibility index (Phi) is 7.85. The maximum Gasteiger partial charge on any atom is 0.185 e. The molecule has 0 unspecified atom stereocenters. The van der Waals surface area contributed by atoms with Crippen molar-refractivity contribution >= 4 is 28.8 Å². The molecule has 38 heavy (non-hydrogen) atoms. The summed E-state index contributed by atoms with van der Waals surface area (Å²) in [6.45, 7) is 0. The van der Waals surface area contributed by atoms with E-state index in [1.54, 1.807) is 0 Å². The molecule has 1 radical (unpaired) electrons. The standard InChI is InChI=1S/C22H14N2Si.2C6H5.Ir/c1-3-9-17-15(7-1)16-8-2-4-10-18(16)25(17)19-11-5-13-23-21(19)22-20(25)12-6-14-24-22;2*1-2-4-6-5-3-1;/h1-14H;2*1-5H;/q;2*-1;. The molecule has 0 amide bonds. The molecule has 4 heterocycles. The topological polar surface area (TPSA) is 25.8 Å². The van der Waals surface area contributed by atoms with Crippen LogP contribution >= 0.6 is 0 Å². The molecule has 8 rings (SSSR count). The fourth-order valence-corrected chi connectivity index (χ4v) is 10.9. The molecule has 185 valence electrons. The number of benzene rings is 4. The number of pyridine rings is 2. The zero-order valence-electron chi connectivity index (χ0n) is 20.6. The van der Waals surface area contributed by atoms with Gasteiger partial charge in [0.05, 0.1) is 11.4 Å². The third kappa shape index (κ3) is 4.37. The molecule has 0 saturated heterocycles. The fraction of sp³-hybridized carbons (Fsp3) is 0. The summed E-state index contributed by atoms with van der Waals surface area (Å²) in [6, 6.07) is 51.5. The molecule has 2 aliphatic rings. The van der Waals surface area contributed by atoms with Crippen molar-refractivity contribution in [2.75, 3.05) is 0 Å². The predicted molar refractivity (Wildman–Crippen MR) is 154 cm³/mol. The molecule has 4 heteroatoms. The average molecular weight is 681 g/mol. The van der Waals surface area contributed by atoms with E-state index in [2.05, 4.69) is 84.9 Å². The fourth-order valence-electron chi connectivity index (χ4n) is 5.44. The van der Waals surface area contributed by atoms with E-state index in [1.807, 2.05) is 73.1 Å². The Hall–Kier alpha value is -3.95. The van der Waals surface area contributed by atoms with Crippen LogP contribution in [0.25, 0.3) is 22.5 Å². The molecule has 0 bridgehead atoms. The average Bonchev–Trinajstić information content (AvgIpc) is 3.47. The first kappa shape index (κ1) is 25.7. The number of rotatable bonds is 0. The quantitative estimate of drug-likeness (QED) is 0.170. The van der Waals surface area contributed by atoms with Crippen LogP contribution in [-0.4, -0.2) is 18.0 Å². The molecule has 4 aromatic carbocycles. The van der Waals surface area contributed by atoms with Crippen LogP contribution in [0.2, 0.25) is 0 Å². The monoisotopic (exact) mass is 681 g/mol. The van der Waals surface area contributed by atoms with Crippen molar-refractivity contribution in [2.24, 2.45) is 0 Å². The van der Waals surface area contributed by atoms with Gasteiger partial charge in [0.25, 0.3) is 0 Å². The number of hydrogen-bond donors (Lipinski definition) is 0. The summed E-state index contributed by atoms with van der Waals surface area (Å²) in [6.07, 6.45) is 3.77. The normalized spacial score (nSPS) is 12.2. The van der Waals surface area contributed by atoms with Crippen LogP contribution in [-0.2, 0) is 20.1 Å². The molecular formula is C34H24IrN2Si-2. The summed E-state index contributed by atoms with van der Waals surface area (Å²) in [5, 5.41) is 5.69. The van der Waals surface area contributed by atoms with Gasteiger partial charge in [0, 0.05) is 32.5 Å². The van der Waals surface area contributed by atoms with E-state index in [0.29, 0.717) is 0 Å². The van der Waals surface area contributed by atoms with Crippen molar-refractivity contribution in [2.45, 2.75) is 0 Å². The Bertz CT molecular complexity index is 1370. The Morgan fingerprint density at radius 1 is 0.421 bits per heavy atom. The summed E-state index contributed by atoms with van der Waals surface area (Å²) in [4.78, 5) is 9.48. The van der Waals surface area contributed by atoms with Gasteiger partial charge < -0.3 is 0 Å². The second kappa shape index (κ2) is 11.6. The second-order valence-electron chi connectivity index (χ2n) is 8.80. The molecule has 0 fully saturated rings. The van der Waals surface area contributed by atoms with Crippen molar-refractivity contribution in [3.8, 4) is 22.5 Å². The zero-order valence-corrected chi connectivity index (χ0v) is 24.0. The Morgan fingerprint density at radius 3 is 1.18 bits per heavy atom. The molecule has 6 aromatic rings. The molecule has 2 aliphatic heterocycles. The zero-order chi connectivity index (χ0) is 24.9. The summed E-state index contributed by atoms with van der Waals surface area (Å²) >= 11 is 0. The Morgan fingerprint density at radius 2 is 0.816 bits per heavy atom. The van der Waals surface area contributed by atoms with Gasteiger partial charge in [0.15, 0.2) is 8.07 Å². The number of aromatic nitrogens is 2. The van der Waals surface area contributed by atoms with Crippen LogP contribution in [0.15, 0.2) is 146 Å². The Labute approximate surface area is 238 Å². The third-order valence-electron chi connectivity index (χ3n) is 6.81. The van der Waals surface area contributed by atoms with Crippen LogP contribution in [0.1, 0.15) is 0 Å². The van der Waals surface area contributed by atoms with Gasteiger partial charge in [0.2, 0.25) is 0 Å².